The highest BCUT2D eigenvalue weighted by molar-refractivity contribution is 8.26. The normalized spacial score (nSPS) is 17.0. The van der Waals surface area contributed by atoms with Crippen LogP contribution in [0.2, 0.25) is 0 Å². The smallest absolute Gasteiger partial charge is 0.345 e. The van der Waals surface area contributed by atoms with E-state index in [1.165, 1.54) is 17.1 Å². The third-order valence-electron chi connectivity index (χ3n) is 6.40. The fraction of sp³-hybridized carbons (Fsp3) is 0.250. The number of hydrazine groups is 1. The van der Waals surface area contributed by atoms with Gasteiger partial charge in [0.1, 0.15) is 17.2 Å². The molecule has 2 aromatic carbocycles. The predicted molar refractivity (Wildman–Crippen MR) is 158 cm³/mol. The van der Waals surface area contributed by atoms with Gasteiger partial charge in [-0.3, -0.25) is 9.69 Å². The molecule has 41 heavy (non-hydrogen) atoms. The van der Waals surface area contributed by atoms with Crippen molar-refractivity contribution in [2.24, 2.45) is 0 Å². The van der Waals surface area contributed by atoms with Gasteiger partial charge in [-0.2, -0.15) is 0 Å². The molecule has 2 saturated heterocycles. The van der Waals surface area contributed by atoms with Gasteiger partial charge in [0.2, 0.25) is 0 Å². The standard InChI is InChI=1S/C28H25F2N3O5S3/c29-21-4-1-18(14-22(21)30)17-2-5-23(38-12-9-32-7-10-37-11-8-32)19(13-17)15-25-26(34)33(28(39)41-25)31-16-20-3-6-24(40-20)27(35)36/h1-6,13-15,31H,7-12,16H2,(H,35,36)/b25-15-. The number of aromatic carboxylic acids is 1. The van der Waals surface area contributed by atoms with Gasteiger partial charge in [0.15, 0.2) is 16.0 Å². The van der Waals surface area contributed by atoms with Crippen LogP contribution in [0.15, 0.2) is 53.4 Å². The maximum Gasteiger partial charge on any atom is 0.345 e. The number of thiocarbonyl (C=S) groups is 1. The van der Waals surface area contributed by atoms with Gasteiger partial charge in [-0.25, -0.2) is 24.0 Å². The van der Waals surface area contributed by atoms with Crippen LogP contribution in [-0.2, 0) is 16.1 Å². The van der Waals surface area contributed by atoms with Crippen LogP contribution in [0.3, 0.4) is 0 Å². The average Bonchev–Trinajstić information content (AvgIpc) is 3.54. The predicted octanol–water partition coefficient (Wildman–Crippen LogP) is 5.01. The zero-order chi connectivity index (χ0) is 28.9. The van der Waals surface area contributed by atoms with Gasteiger partial charge in [0.25, 0.3) is 5.91 Å². The first-order chi connectivity index (χ1) is 19.8. The minimum Gasteiger partial charge on any atom is -0.492 e. The molecule has 13 heteroatoms. The Hall–Kier alpha value is -3.20. The zero-order valence-electron chi connectivity index (χ0n) is 21.6. The summed E-state index contributed by atoms with van der Waals surface area (Å²) in [5.41, 5.74) is 4.65. The lowest BCUT2D eigenvalue weighted by atomic mass is 10.0. The summed E-state index contributed by atoms with van der Waals surface area (Å²) in [6, 6.07) is 12.1. The highest BCUT2D eigenvalue weighted by Gasteiger charge is 2.32. The summed E-state index contributed by atoms with van der Waals surface area (Å²) in [5, 5.41) is 10.4. The summed E-state index contributed by atoms with van der Waals surface area (Å²) in [7, 11) is 0. The number of thiophene rings is 1. The summed E-state index contributed by atoms with van der Waals surface area (Å²) in [6.45, 7) is 4.33. The lowest BCUT2D eigenvalue weighted by Crippen LogP contribution is -2.40. The first-order valence-corrected chi connectivity index (χ1v) is 14.7. The second-order valence-corrected chi connectivity index (χ2v) is 12.0. The molecule has 5 rings (SSSR count). The zero-order valence-corrected chi connectivity index (χ0v) is 24.1. The van der Waals surface area contributed by atoms with Crippen LogP contribution in [0.1, 0.15) is 20.1 Å². The van der Waals surface area contributed by atoms with Crippen LogP contribution < -0.4 is 10.2 Å². The minimum absolute atomic E-state index is 0.203. The summed E-state index contributed by atoms with van der Waals surface area (Å²) in [4.78, 5) is 27.9. The van der Waals surface area contributed by atoms with Gasteiger partial charge >= 0.3 is 5.97 Å². The monoisotopic (exact) mass is 617 g/mol. The minimum atomic E-state index is -1.01. The number of benzene rings is 2. The number of hydrogen-bond acceptors (Lipinski definition) is 9. The highest BCUT2D eigenvalue weighted by Crippen LogP contribution is 2.35. The molecule has 1 aromatic heterocycles. The van der Waals surface area contributed by atoms with E-state index < -0.39 is 17.6 Å². The molecule has 214 valence electrons. The Labute approximate surface area is 248 Å². The molecule has 3 heterocycles. The Morgan fingerprint density at radius 2 is 1.85 bits per heavy atom. The number of rotatable bonds is 10. The first-order valence-electron chi connectivity index (χ1n) is 12.6. The van der Waals surface area contributed by atoms with E-state index in [4.69, 9.17) is 26.8 Å². The quantitative estimate of drug-likeness (QED) is 0.241. The van der Waals surface area contributed by atoms with Crippen LogP contribution in [0.4, 0.5) is 8.78 Å². The molecule has 2 fully saturated rings. The van der Waals surface area contributed by atoms with Crippen LogP contribution in [0.5, 0.6) is 5.75 Å². The number of hydrogen-bond donors (Lipinski definition) is 2. The Morgan fingerprint density at radius 3 is 2.59 bits per heavy atom. The number of carbonyl (C=O) groups excluding carboxylic acids is 1. The number of carboxylic acids is 1. The molecule has 0 radical (unpaired) electrons. The summed E-state index contributed by atoms with van der Waals surface area (Å²) < 4.78 is 39.3. The Kier molecular flexibility index (Phi) is 9.42. The Morgan fingerprint density at radius 1 is 1.10 bits per heavy atom. The third kappa shape index (κ3) is 7.18. The van der Waals surface area contributed by atoms with Gasteiger partial charge in [-0.1, -0.05) is 36.1 Å². The number of thioether (sulfide) groups is 1. The number of morpholine rings is 1. The van der Waals surface area contributed by atoms with Crippen LogP contribution >= 0.6 is 35.3 Å². The van der Waals surface area contributed by atoms with E-state index in [9.17, 15) is 18.4 Å². The van der Waals surface area contributed by atoms with Crippen molar-refractivity contribution in [1.29, 1.82) is 0 Å². The van der Waals surface area contributed by atoms with Crippen LogP contribution in [0, 0.1) is 11.6 Å². The molecule has 2 N–H and O–H groups in total. The molecule has 0 spiro atoms. The van der Waals surface area contributed by atoms with Gasteiger partial charge < -0.3 is 14.6 Å². The van der Waals surface area contributed by atoms with Gasteiger partial charge in [-0.05, 0) is 53.6 Å². The summed E-state index contributed by atoms with van der Waals surface area (Å²) >= 11 is 7.65. The molecular weight excluding hydrogens is 593 g/mol. The van der Waals surface area contributed by atoms with Crippen molar-refractivity contribution >= 4 is 57.6 Å². The molecule has 0 aliphatic carbocycles. The van der Waals surface area contributed by atoms with E-state index >= 15 is 0 Å². The van der Waals surface area contributed by atoms with Gasteiger partial charge in [0, 0.05) is 30.1 Å². The van der Waals surface area contributed by atoms with Crippen molar-refractivity contribution in [1.82, 2.24) is 15.3 Å². The molecule has 0 atom stereocenters. The topological polar surface area (TPSA) is 91.3 Å². The first kappa shape index (κ1) is 29.3. The SMILES string of the molecule is O=C(O)c1ccc(CNN2C(=O)/C(=C/c3cc(-c4ccc(F)c(F)c4)ccc3OCCN3CCOCC3)SC2=S)s1. The van der Waals surface area contributed by atoms with Crippen molar-refractivity contribution in [3.8, 4) is 16.9 Å². The Balaban J connectivity index is 1.36. The van der Waals surface area contributed by atoms with Crippen molar-refractivity contribution in [2.75, 3.05) is 39.5 Å². The van der Waals surface area contributed by atoms with Gasteiger partial charge in [-0.15, -0.1) is 11.3 Å². The van der Waals surface area contributed by atoms with Crippen LogP contribution in [0.25, 0.3) is 17.2 Å². The van der Waals surface area contributed by atoms with E-state index in [2.05, 4.69) is 10.3 Å². The van der Waals surface area contributed by atoms with E-state index in [0.717, 1.165) is 53.2 Å². The summed E-state index contributed by atoms with van der Waals surface area (Å²) in [5.74, 6) is -2.74. The molecule has 0 unspecified atom stereocenters. The molecule has 2 aliphatic rings. The van der Waals surface area contributed by atoms with Crippen molar-refractivity contribution in [2.45, 2.75) is 6.54 Å². The fourth-order valence-corrected chi connectivity index (χ4v) is 6.23. The van der Waals surface area contributed by atoms with E-state index in [1.807, 2.05) is 0 Å². The largest absolute Gasteiger partial charge is 0.492 e. The summed E-state index contributed by atoms with van der Waals surface area (Å²) in [6.07, 6.45) is 1.67. The molecule has 2 aliphatic heterocycles. The van der Waals surface area contributed by atoms with E-state index in [0.29, 0.717) is 58.0 Å². The third-order valence-corrected chi connectivity index (χ3v) is 8.77. The van der Waals surface area contributed by atoms with Crippen molar-refractivity contribution < 1.29 is 33.0 Å². The maximum atomic E-state index is 14.0. The number of ether oxygens (including phenoxy) is 2. The van der Waals surface area contributed by atoms with Crippen molar-refractivity contribution in [3.05, 3.63) is 80.4 Å². The fourth-order valence-electron chi connectivity index (χ4n) is 4.25. The molecule has 0 saturated carbocycles. The second-order valence-electron chi connectivity index (χ2n) is 9.11. The molecular formula is C28H25F2N3O5S3. The number of carbonyl (C=O) groups is 2. The number of amides is 1. The average molecular weight is 618 g/mol. The number of nitrogens with zero attached hydrogens (tertiary/aromatic N) is 2. The lowest BCUT2D eigenvalue weighted by molar-refractivity contribution is -0.124. The molecule has 0 bridgehead atoms. The maximum absolute atomic E-state index is 14.0. The second kappa shape index (κ2) is 13.2. The number of halogens is 2. The molecule has 3 aromatic rings. The lowest BCUT2D eigenvalue weighted by Gasteiger charge is -2.26. The van der Waals surface area contributed by atoms with Crippen LogP contribution in [-0.4, -0.2) is 70.7 Å². The van der Waals surface area contributed by atoms with Crippen molar-refractivity contribution in [3.63, 3.8) is 0 Å². The molecule has 8 nitrogen and oxygen atoms in total. The number of carboxylic acid groups (broad SMARTS) is 1. The molecule has 1 amide bonds. The highest BCUT2D eigenvalue weighted by atomic mass is 32.2. The van der Waals surface area contributed by atoms with E-state index in [1.54, 1.807) is 30.3 Å². The van der Waals surface area contributed by atoms with Gasteiger partial charge in [0.05, 0.1) is 24.7 Å². The number of nitrogens with one attached hydrogen (secondary N) is 1. The van der Waals surface area contributed by atoms with E-state index in [-0.39, 0.29) is 17.3 Å². The Bertz CT molecular complexity index is 1510.